The molecule has 1 aromatic heterocycles. The van der Waals surface area contributed by atoms with Gasteiger partial charge < -0.3 is 9.64 Å². The molecule has 0 aromatic carbocycles. The number of hydrogen-bond donors (Lipinski definition) is 0. The van der Waals surface area contributed by atoms with E-state index in [0.29, 0.717) is 6.42 Å². The van der Waals surface area contributed by atoms with Crippen molar-refractivity contribution in [3.05, 3.63) is 18.1 Å². The normalized spacial score (nSPS) is 16.4. The fourth-order valence-corrected chi connectivity index (χ4v) is 2.17. The number of anilines is 1. The van der Waals surface area contributed by atoms with Crippen LogP contribution in [0.25, 0.3) is 0 Å². The van der Waals surface area contributed by atoms with Crippen LogP contribution < -0.4 is 4.90 Å². The molecule has 0 aliphatic carbocycles. The van der Waals surface area contributed by atoms with Crippen molar-refractivity contribution in [2.45, 2.75) is 13.3 Å². The van der Waals surface area contributed by atoms with Crippen molar-refractivity contribution < 1.29 is 9.53 Å². The topological polar surface area (TPSA) is 58.6 Å². The Balaban J connectivity index is 1.81. The van der Waals surface area contributed by atoms with Crippen LogP contribution in [0, 0.1) is 6.92 Å². The third-order valence-corrected chi connectivity index (χ3v) is 3.32. The summed E-state index contributed by atoms with van der Waals surface area (Å²) in [7, 11) is 1.43. The van der Waals surface area contributed by atoms with Crippen LogP contribution >= 0.6 is 0 Å². The van der Waals surface area contributed by atoms with E-state index in [0.717, 1.165) is 44.4 Å². The molecular formula is C13H20N4O2. The number of aryl methyl sites for hydroxylation is 1. The lowest BCUT2D eigenvalue weighted by Crippen LogP contribution is -2.47. The number of esters is 1. The van der Waals surface area contributed by atoms with Crippen LogP contribution in [0.1, 0.15) is 12.2 Å². The monoisotopic (exact) mass is 264 g/mol. The molecule has 19 heavy (non-hydrogen) atoms. The molecule has 1 aliphatic rings. The van der Waals surface area contributed by atoms with E-state index in [1.54, 1.807) is 6.20 Å². The number of rotatable bonds is 4. The Bertz CT molecular complexity index is 430. The Morgan fingerprint density at radius 3 is 2.74 bits per heavy atom. The minimum absolute atomic E-state index is 0.145. The van der Waals surface area contributed by atoms with Crippen LogP contribution in [0.3, 0.4) is 0 Å². The summed E-state index contributed by atoms with van der Waals surface area (Å²) in [6, 6.07) is 1.94. The number of hydrogen-bond acceptors (Lipinski definition) is 6. The molecule has 2 rings (SSSR count). The van der Waals surface area contributed by atoms with Crippen LogP contribution in [0.4, 0.5) is 5.82 Å². The van der Waals surface area contributed by atoms with Crippen molar-refractivity contribution in [1.82, 2.24) is 14.9 Å². The molecular weight excluding hydrogens is 244 g/mol. The van der Waals surface area contributed by atoms with Crippen molar-refractivity contribution in [2.24, 2.45) is 0 Å². The zero-order valence-corrected chi connectivity index (χ0v) is 11.5. The summed E-state index contributed by atoms with van der Waals surface area (Å²) in [4.78, 5) is 24.2. The van der Waals surface area contributed by atoms with Gasteiger partial charge in [0.2, 0.25) is 0 Å². The highest BCUT2D eigenvalue weighted by atomic mass is 16.5. The van der Waals surface area contributed by atoms with Crippen LogP contribution in [0.15, 0.2) is 12.3 Å². The van der Waals surface area contributed by atoms with Gasteiger partial charge in [0.1, 0.15) is 11.6 Å². The average Bonchev–Trinajstić information content (AvgIpc) is 2.45. The first-order valence-electron chi connectivity index (χ1n) is 6.53. The predicted molar refractivity (Wildman–Crippen MR) is 72.1 cm³/mol. The van der Waals surface area contributed by atoms with Gasteiger partial charge in [0, 0.05) is 38.9 Å². The molecule has 0 bridgehead atoms. The molecule has 2 heterocycles. The van der Waals surface area contributed by atoms with E-state index in [-0.39, 0.29) is 5.97 Å². The highest BCUT2D eigenvalue weighted by molar-refractivity contribution is 5.69. The number of aromatic nitrogens is 2. The molecule has 0 unspecified atom stereocenters. The standard InChI is InChI=1S/C13H20N4O2/c1-11-14-5-3-12(15-11)17-9-7-16(8-10-17)6-4-13(18)19-2/h3,5H,4,6-10H2,1-2H3. The van der Waals surface area contributed by atoms with Gasteiger partial charge in [-0.2, -0.15) is 0 Å². The van der Waals surface area contributed by atoms with Gasteiger partial charge in [0.25, 0.3) is 0 Å². The maximum atomic E-state index is 11.1. The maximum absolute atomic E-state index is 11.1. The first kappa shape index (κ1) is 13.7. The average molecular weight is 264 g/mol. The fraction of sp³-hybridized carbons (Fsp3) is 0.615. The fourth-order valence-electron chi connectivity index (χ4n) is 2.17. The molecule has 6 nitrogen and oxygen atoms in total. The summed E-state index contributed by atoms with van der Waals surface area (Å²) in [6.45, 7) is 6.41. The Morgan fingerprint density at radius 1 is 1.37 bits per heavy atom. The molecule has 0 saturated carbocycles. The van der Waals surface area contributed by atoms with Gasteiger partial charge in [-0.3, -0.25) is 9.69 Å². The zero-order chi connectivity index (χ0) is 13.7. The third kappa shape index (κ3) is 3.89. The van der Waals surface area contributed by atoms with Gasteiger partial charge in [0.15, 0.2) is 0 Å². The van der Waals surface area contributed by atoms with E-state index in [4.69, 9.17) is 0 Å². The second-order valence-electron chi connectivity index (χ2n) is 4.62. The Hall–Kier alpha value is -1.69. The largest absolute Gasteiger partial charge is 0.469 e. The van der Waals surface area contributed by atoms with Crippen molar-refractivity contribution >= 4 is 11.8 Å². The van der Waals surface area contributed by atoms with Gasteiger partial charge >= 0.3 is 5.97 Å². The number of ether oxygens (including phenoxy) is 1. The second-order valence-corrected chi connectivity index (χ2v) is 4.62. The van der Waals surface area contributed by atoms with Crippen molar-refractivity contribution in [2.75, 3.05) is 44.7 Å². The van der Waals surface area contributed by atoms with Crippen molar-refractivity contribution in [1.29, 1.82) is 0 Å². The van der Waals surface area contributed by atoms with E-state index in [1.807, 2.05) is 13.0 Å². The Morgan fingerprint density at radius 2 is 2.11 bits per heavy atom. The molecule has 1 aromatic rings. The highest BCUT2D eigenvalue weighted by Gasteiger charge is 2.18. The second kappa shape index (κ2) is 6.47. The molecule has 0 radical (unpaired) electrons. The third-order valence-electron chi connectivity index (χ3n) is 3.32. The maximum Gasteiger partial charge on any atom is 0.306 e. The lowest BCUT2D eigenvalue weighted by atomic mass is 10.3. The van der Waals surface area contributed by atoms with Crippen LogP contribution in [0.2, 0.25) is 0 Å². The molecule has 0 amide bonds. The predicted octanol–water partition coefficient (Wildman–Crippen LogP) is 0.470. The summed E-state index contributed by atoms with van der Waals surface area (Å²) >= 11 is 0. The Labute approximate surface area is 113 Å². The first-order valence-corrected chi connectivity index (χ1v) is 6.53. The van der Waals surface area contributed by atoms with E-state index >= 15 is 0 Å². The van der Waals surface area contributed by atoms with E-state index in [9.17, 15) is 4.79 Å². The van der Waals surface area contributed by atoms with Gasteiger partial charge in [0.05, 0.1) is 13.5 Å². The summed E-state index contributed by atoms with van der Waals surface area (Å²) in [5, 5.41) is 0. The highest BCUT2D eigenvalue weighted by Crippen LogP contribution is 2.13. The quantitative estimate of drug-likeness (QED) is 0.737. The molecule has 0 atom stereocenters. The van der Waals surface area contributed by atoms with E-state index < -0.39 is 0 Å². The molecule has 1 saturated heterocycles. The lowest BCUT2D eigenvalue weighted by molar-refractivity contribution is -0.141. The summed E-state index contributed by atoms with van der Waals surface area (Å²) in [5.41, 5.74) is 0. The summed E-state index contributed by atoms with van der Waals surface area (Å²) in [5.74, 6) is 1.64. The summed E-state index contributed by atoms with van der Waals surface area (Å²) in [6.07, 6.45) is 2.25. The number of nitrogens with zero attached hydrogens (tertiary/aromatic N) is 4. The SMILES string of the molecule is COC(=O)CCN1CCN(c2ccnc(C)n2)CC1. The smallest absolute Gasteiger partial charge is 0.306 e. The number of carbonyl (C=O) groups excluding carboxylic acids is 1. The minimum Gasteiger partial charge on any atom is -0.469 e. The molecule has 0 N–H and O–H groups in total. The minimum atomic E-state index is -0.145. The van der Waals surface area contributed by atoms with Gasteiger partial charge in [-0.15, -0.1) is 0 Å². The molecule has 6 heteroatoms. The summed E-state index contributed by atoms with van der Waals surface area (Å²) < 4.78 is 4.65. The van der Waals surface area contributed by atoms with Gasteiger partial charge in [-0.25, -0.2) is 9.97 Å². The van der Waals surface area contributed by atoms with Crippen LogP contribution in [-0.4, -0.2) is 60.7 Å². The molecule has 104 valence electrons. The Kier molecular flexibility index (Phi) is 4.68. The van der Waals surface area contributed by atoms with Crippen molar-refractivity contribution in [3.8, 4) is 0 Å². The number of piperazine rings is 1. The molecule has 1 aliphatic heterocycles. The number of methoxy groups -OCH3 is 1. The number of carbonyl (C=O) groups is 1. The van der Waals surface area contributed by atoms with Crippen molar-refractivity contribution in [3.63, 3.8) is 0 Å². The van der Waals surface area contributed by atoms with E-state index in [2.05, 4.69) is 24.5 Å². The zero-order valence-electron chi connectivity index (χ0n) is 11.5. The van der Waals surface area contributed by atoms with E-state index in [1.165, 1.54) is 7.11 Å². The molecule has 0 spiro atoms. The van der Waals surface area contributed by atoms with Gasteiger partial charge in [-0.05, 0) is 13.0 Å². The van der Waals surface area contributed by atoms with Crippen LogP contribution in [-0.2, 0) is 9.53 Å². The first-order chi connectivity index (χ1) is 9.19. The van der Waals surface area contributed by atoms with Gasteiger partial charge in [-0.1, -0.05) is 0 Å². The molecule has 1 fully saturated rings. The lowest BCUT2D eigenvalue weighted by Gasteiger charge is -2.35. The van der Waals surface area contributed by atoms with Crippen LogP contribution in [0.5, 0.6) is 0 Å².